The lowest BCUT2D eigenvalue weighted by Gasteiger charge is -2.38. The molecule has 2 aliphatic rings. The molecular formula is C27H30ClN5O3. The molecule has 0 saturated carbocycles. The number of aromatic nitrogens is 2. The van der Waals surface area contributed by atoms with E-state index in [1.165, 1.54) is 0 Å². The molecule has 1 aromatic heterocycles. The number of amides is 2. The summed E-state index contributed by atoms with van der Waals surface area (Å²) in [4.78, 5) is 26.7. The molecule has 0 bridgehead atoms. The lowest BCUT2D eigenvalue weighted by molar-refractivity contribution is -0.132. The molecule has 3 aromatic rings. The Hall–Kier alpha value is -3.52. The molecule has 2 aromatic carbocycles. The van der Waals surface area contributed by atoms with Crippen LogP contribution < -0.4 is 15.8 Å². The average Bonchev–Trinajstić information content (AvgIpc) is 3.30. The van der Waals surface area contributed by atoms with Crippen LogP contribution in [0, 0.1) is 5.92 Å². The molecule has 3 heterocycles. The molecule has 2 aliphatic heterocycles. The summed E-state index contributed by atoms with van der Waals surface area (Å²) in [7, 11) is 0. The fourth-order valence-corrected chi connectivity index (χ4v) is 5.42. The minimum Gasteiger partial charge on any atom is -0.457 e. The third-order valence-corrected chi connectivity index (χ3v) is 7.24. The van der Waals surface area contributed by atoms with E-state index in [2.05, 4.69) is 5.32 Å². The molecule has 1 atom stereocenters. The number of nitrogens with zero attached hydrogens (tertiary/aromatic N) is 3. The van der Waals surface area contributed by atoms with Crippen LogP contribution in [0.4, 0.5) is 5.82 Å². The lowest BCUT2D eigenvalue weighted by Crippen LogP contribution is -2.41. The number of primary amides is 1. The summed E-state index contributed by atoms with van der Waals surface area (Å²) in [6.45, 7) is 2.18. The first-order valence-electron chi connectivity index (χ1n) is 12.4. The maximum atomic E-state index is 12.5. The van der Waals surface area contributed by atoms with Crippen LogP contribution in [0.1, 0.15) is 42.1 Å². The summed E-state index contributed by atoms with van der Waals surface area (Å²) >= 11 is 5.75. The quantitative estimate of drug-likeness (QED) is 0.452. The van der Waals surface area contributed by atoms with Crippen LogP contribution in [-0.4, -0.2) is 52.0 Å². The van der Waals surface area contributed by atoms with E-state index in [1.54, 1.807) is 0 Å². The van der Waals surface area contributed by atoms with Crippen LogP contribution in [0.5, 0.6) is 11.5 Å². The van der Waals surface area contributed by atoms with Crippen molar-refractivity contribution in [1.29, 1.82) is 0 Å². The minimum absolute atomic E-state index is 0.117. The zero-order valence-electron chi connectivity index (χ0n) is 20.0. The fraction of sp³-hybridized carbons (Fsp3) is 0.370. The van der Waals surface area contributed by atoms with Crippen molar-refractivity contribution in [3.05, 3.63) is 60.2 Å². The van der Waals surface area contributed by atoms with Crippen molar-refractivity contribution in [1.82, 2.24) is 14.7 Å². The number of para-hydroxylation sites is 1. The summed E-state index contributed by atoms with van der Waals surface area (Å²) in [6, 6.07) is 17.2. The number of carbonyl (C=O) groups is 2. The number of benzene rings is 2. The number of halogens is 1. The lowest BCUT2D eigenvalue weighted by atomic mass is 9.86. The molecule has 3 N–H and O–H groups in total. The topological polar surface area (TPSA) is 102 Å². The number of alkyl halides is 1. The zero-order chi connectivity index (χ0) is 25.1. The molecular weight excluding hydrogens is 478 g/mol. The van der Waals surface area contributed by atoms with Gasteiger partial charge >= 0.3 is 0 Å². The van der Waals surface area contributed by atoms with Crippen LogP contribution in [0.25, 0.3) is 11.3 Å². The van der Waals surface area contributed by atoms with E-state index in [0.717, 1.165) is 50.2 Å². The third-order valence-electron chi connectivity index (χ3n) is 7.06. The predicted molar refractivity (Wildman–Crippen MR) is 139 cm³/mol. The van der Waals surface area contributed by atoms with E-state index in [4.69, 9.17) is 27.2 Å². The fourth-order valence-electron chi connectivity index (χ4n) is 5.25. The molecule has 0 aliphatic carbocycles. The van der Waals surface area contributed by atoms with Gasteiger partial charge in [0.15, 0.2) is 0 Å². The van der Waals surface area contributed by atoms with Crippen molar-refractivity contribution in [3.63, 3.8) is 0 Å². The number of rotatable bonds is 7. The second-order valence-electron chi connectivity index (χ2n) is 9.26. The largest absolute Gasteiger partial charge is 0.457 e. The van der Waals surface area contributed by atoms with Crippen molar-refractivity contribution in [2.24, 2.45) is 11.7 Å². The van der Waals surface area contributed by atoms with Gasteiger partial charge in [-0.25, -0.2) is 4.68 Å². The predicted octanol–water partition coefficient (Wildman–Crippen LogP) is 4.67. The summed E-state index contributed by atoms with van der Waals surface area (Å²) in [5, 5.41) is 8.27. The highest BCUT2D eigenvalue weighted by atomic mass is 35.5. The molecule has 36 heavy (non-hydrogen) atoms. The number of carbonyl (C=O) groups excluding carboxylic acids is 2. The van der Waals surface area contributed by atoms with Gasteiger partial charge in [0.25, 0.3) is 5.91 Å². The number of likely N-dealkylation sites (tertiary alicyclic amines) is 1. The maximum Gasteiger partial charge on any atom is 0.254 e. The van der Waals surface area contributed by atoms with E-state index in [1.807, 2.05) is 64.2 Å². The van der Waals surface area contributed by atoms with Gasteiger partial charge in [0, 0.05) is 37.5 Å². The van der Waals surface area contributed by atoms with Crippen LogP contribution in [0.3, 0.4) is 0 Å². The van der Waals surface area contributed by atoms with Gasteiger partial charge < -0.3 is 20.7 Å². The molecule has 1 fully saturated rings. The SMILES string of the molecule is NC(=O)c1c(-c2ccc(Oc3ccccc3)cc2)nn2c1NCCC2C1CCN(C(=O)CCCl)CC1. The van der Waals surface area contributed by atoms with Gasteiger partial charge in [-0.3, -0.25) is 9.59 Å². The number of nitrogens with one attached hydrogen (secondary N) is 1. The molecule has 0 spiro atoms. The normalized spacial score (nSPS) is 17.8. The molecule has 2 amide bonds. The maximum absolute atomic E-state index is 12.5. The zero-order valence-corrected chi connectivity index (χ0v) is 20.8. The van der Waals surface area contributed by atoms with Gasteiger partial charge in [0.05, 0.1) is 6.04 Å². The second kappa shape index (κ2) is 10.6. The number of piperidine rings is 1. The van der Waals surface area contributed by atoms with Crippen molar-refractivity contribution < 1.29 is 14.3 Å². The second-order valence-corrected chi connectivity index (χ2v) is 9.64. The molecule has 9 heteroatoms. The van der Waals surface area contributed by atoms with Gasteiger partial charge in [-0.2, -0.15) is 5.10 Å². The van der Waals surface area contributed by atoms with Crippen LogP contribution >= 0.6 is 11.6 Å². The minimum atomic E-state index is -0.509. The first-order valence-corrected chi connectivity index (χ1v) is 12.9. The molecule has 8 nitrogen and oxygen atoms in total. The van der Waals surface area contributed by atoms with E-state index >= 15 is 0 Å². The van der Waals surface area contributed by atoms with Gasteiger partial charge in [-0.15, -0.1) is 11.6 Å². The highest BCUT2D eigenvalue weighted by molar-refractivity contribution is 6.18. The Bertz CT molecular complexity index is 1220. The molecule has 188 valence electrons. The van der Waals surface area contributed by atoms with Gasteiger partial charge in [-0.05, 0) is 61.6 Å². The summed E-state index contributed by atoms with van der Waals surface area (Å²) in [6.07, 6.45) is 3.06. The number of ether oxygens (including phenoxy) is 1. The highest BCUT2D eigenvalue weighted by Crippen LogP contribution is 2.40. The van der Waals surface area contributed by atoms with E-state index in [9.17, 15) is 9.59 Å². The molecule has 0 radical (unpaired) electrons. The first-order chi connectivity index (χ1) is 17.5. The van der Waals surface area contributed by atoms with Crippen molar-refractivity contribution in [2.75, 3.05) is 30.8 Å². The van der Waals surface area contributed by atoms with Crippen LogP contribution in [0.2, 0.25) is 0 Å². The molecule has 1 saturated heterocycles. The Morgan fingerprint density at radius 3 is 2.39 bits per heavy atom. The van der Waals surface area contributed by atoms with Gasteiger partial charge in [0.2, 0.25) is 5.91 Å². The monoisotopic (exact) mass is 507 g/mol. The Morgan fingerprint density at radius 1 is 1.03 bits per heavy atom. The van der Waals surface area contributed by atoms with E-state index in [0.29, 0.717) is 41.0 Å². The van der Waals surface area contributed by atoms with Gasteiger partial charge in [0.1, 0.15) is 28.6 Å². The van der Waals surface area contributed by atoms with E-state index in [-0.39, 0.29) is 11.9 Å². The van der Waals surface area contributed by atoms with Crippen molar-refractivity contribution in [2.45, 2.75) is 31.7 Å². The number of hydrogen-bond donors (Lipinski definition) is 2. The van der Waals surface area contributed by atoms with Crippen molar-refractivity contribution >= 4 is 29.2 Å². The third kappa shape index (κ3) is 4.91. The number of anilines is 1. The summed E-state index contributed by atoms with van der Waals surface area (Å²) in [5.74, 6) is 2.45. The van der Waals surface area contributed by atoms with Gasteiger partial charge in [-0.1, -0.05) is 18.2 Å². The Morgan fingerprint density at radius 2 is 1.72 bits per heavy atom. The van der Waals surface area contributed by atoms with E-state index < -0.39 is 5.91 Å². The molecule has 1 unspecified atom stereocenters. The highest BCUT2D eigenvalue weighted by Gasteiger charge is 2.35. The standard InChI is InChI=1S/C27H30ClN5O3/c28-14-10-23(34)32-16-12-18(13-17-32)22-11-15-30-27-24(26(29)35)25(31-33(22)27)19-6-8-21(9-7-19)36-20-4-2-1-3-5-20/h1-9,18,22,30H,10-17H2,(H2,29,35). The number of fused-ring (bicyclic) bond motifs is 1. The van der Waals surface area contributed by atoms with Crippen LogP contribution in [-0.2, 0) is 4.79 Å². The number of hydrogen-bond acceptors (Lipinski definition) is 5. The summed E-state index contributed by atoms with van der Waals surface area (Å²) in [5.41, 5.74) is 7.62. The smallest absolute Gasteiger partial charge is 0.254 e. The van der Waals surface area contributed by atoms with Crippen LogP contribution in [0.15, 0.2) is 54.6 Å². The Labute approximate surface area is 215 Å². The summed E-state index contributed by atoms with van der Waals surface area (Å²) < 4.78 is 7.85. The number of nitrogens with two attached hydrogens (primary N) is 1. The molecule has 5 rings (SSSR count). The first kappa shape index (κ1) is 24.2. The Balaban J connectivity index is 1.38. The Kier molecular flexibility index (Phi) is 7.13. The van der Waals surface area contributed by atoms with Crippen molar-refractivity contribution in [3.8, 4) is 22.8 Å². The average molecular weight is 508 g/mol.